The van der Waals surface area contributed by atoms with Crippen LogP contribution in [-0.2, 0) is 4.79 Å². The molecule has 4 nitrogen and oxygen atoms in total. The van der Waals surface area contributed by atoms with Gasteiger partial charge in [-0.1, -0.05) is 17.4 Å². The van der Waals surface area contributed by atoms with Gasteiger partial charge in [-0.3, -0.25) is 4.79 Å². The highest BCUT2D eigenvalue weighted by Gasteiger charge is 2.36. The van der Waals surface area contributed by atoms with E-state index in [1.54, 1.807) is 17.0 Å². The van der Waals surface area contributed by atoms with Crippen molar-refractivity contribution < 1.29 is 22.4 Å². The summed E-state index contributed by atoms with van der Waals surface area (Å²) in [5.41, 5.74) is 0.271. The Morgan fingerprint density at radius 2 is 2.14 bits per heavy atom. The maximum absolute atomic E-state index is 13.6. The van der Waals surface area contributed by atoms with Crippen LogP contribution in [0.3, 0.4) is 0 Å². The van der Waals surface area contributed by atoms with Gasteiger partial charge in [0.2, 0.25) is 5.91 Å². The van der Waals surface area contributed by atoms with Crippen molar-refractivity contribution in [3.63, 3.8) is 0 Å². The summed E-state index contributed by atoms with van der Waals surface area (Å²) in [6.07, 6.45) is -4.41. The van der Waals surface area contributed by atoms with E-state index in [1.165, 1.54) is 17.4 Å². The van der Waals surface area contributed by atoms with Crippen molar-refractivity contribution in [1.29, 1.82) is 0 Å². The number of rotatable bonds is 3. The monoisotopic (exact) mass is 333 g/mol. The van der Waals surface area contributed by atoms with Crippen LogP contribution in [0.5, 0.6) is 0 Å². The predicted octanol–water partition coefficient (Wildman–Crippen LogP) is 2.55. The zero-order chi connectivity index (χ0) is 15.9. The number of hydrogen-bond donors (Lipinski definition) is 1. The van der Waals surface area contributed by atoms with Crippen LogP contribution in [0.25, 0.3) is 10.2 Å². The average Bonchev–Trinajstić information content (AvgIpc) is 2.79. The lowest BCUT2D eigenvalue weighted by molar-refractivity contribution is -0.141. The summed E-state index contributed by atoms with van der Waals surface area (Å²) in [6, 6.07) is 4.64. The second-order valence-corrected chi connectivity index (χ2v) is 6.03. The van der Waals surface area contributed by atoms with Crippen LogP contribution in [-0.4, -0.2) is 36.7 Å². The number of hydrogen-bond acceptors (Lipinski definition) is 4. The van der Waals surface area contributed by atoms with Gasteiger partial charge in [0.15, 0.2) is 5.13 Å². The van der Waals surface area contributed by atoms with E-state index < -0.39 is 30.4 Å². The molecule has 1 fully saturated rings. The van der Waals surface area contributed by atoms with Crippen molar-refractivity contribution in [2.75, 3.05) is 24.5 Å². The SMILES string of the molecule is O=C(NCC(F)(F)F)C1CN(c2nc3c(F)cccc3s2)C1. The molecule has 2 aromatic rings. The standard InChI is InChI=1S/C13H11F4N3OS/c14-8-2-1-3-9-10(8)19-12(22-9)20-4-7(5-20)11(21)18-6-13(15,16)17/h1-3,7H,4-6H2,(H,18,21). The summed E-state index contributed by atoms with van der Waals surface area (Å²) in [5.74, 6) is -1.54. The Morgan fingerprint density at radius 3 is 2.77 bits per heavy atom. The first-order chi connectivity index (χ1) is 10.3. The molecular weight excluding hydrogens is 322 g/mol. The summed E-state index contributed by atoms with van der Waals surface area (Å²) in [7, 11) is 0. The molecule has 1 N–H and O–H groups in total. The van der Waals surface area contributed by atoms with Crippen LogP contribution in [0.4, 0.5) is 22.7 Å². The third-order valence-electron chi connectivity index (χ3n) is 3.34. The third-order valence-corrected chi connectivity index (χ3v) is 4.43. The molecule has 1 amide bonds. The highest BCUT2D eigenvalue weighted by molar-refractivity contribution is 7.22. The molecule has 22 heavy (non-hydrogen) atoms. The van der Waals surface area contributed by atoms with E-state index in [0.29, 0.717) is 9.83 Å². The Bertz CT molecular complexity index is 709. The summed E-state index contributed by atoms with van der Waals surface area (Å²) in [5, 5.41) is 2.43. The Morgan fingerprint density at radius 1 is 1.41 bits per heavy atom. The zero-order valence-corrected chi connectivity index (χ0v) is 12.0. The fourth-order valence-corrected chi connectivity index (χ4v) is 3.17. The van der Waals surface area contributed by atoms with Gasteiger partial charge < -0.3 is 10.2 Å². The van der Waals surface area contributed by atoms with Crippen LogP contribution in [0.2, 0.25) is 0 Å². The molecule has 1 aromatic heterocycles. The van der Waals surface area contributed by atoms with Gasteiger partial charge in [-0.15, -0.1) is 0 Å². The van der Waals surface area contributed by atoms with E-state index in [1.807, 2.05) is 5.32 Å². The number of para-hydroxylation sites is 1. The van der Waals surface area contributed by atoms with E-state index in [9.17, 15) is 22.4 Å². The Kier molecular flexibility index (Phi) is 3.67. The number of amides is 1. The average molecular weight is 333 g/mol. The zero-order valence-electron chi connectivity index (χ0n) is 11.2. The van der Waals surface area contributed by atoms with Crippen molar-refractivity contribution >= 4 is 32.6 Å². The highest BCUT2D eigenvalue weighted by atomic mass is 32.1. The first-order valence-electron chi connectivity index (χ1n) is 6.48. The quantitative estimate of drug-likeness (QED) is 0.878. The van der Waals surface area contributed by atoms with Gasteiger partial charge in [-0.25, -0.2) is 9.37 Å². The number of alkyl halides is 3. The van der Waals surface area contributed by atoms with Gasteiger partial charge in [-0.05, 0) is 12.1 Å². The fraction of sp³-hybridized carbons (Fsp3) is 0.385. The summed E-state index contributed by atoms with van der Waals surface area (Å²) in [4.78, 5) is 17.5. The van der Waals surface area contributed by atoms with E-state index in [4.69, 9.17) is 0 Å². The van der Waals surface area contributed by atoms with E-state index in [-0.39, 0.29) is 18.6 Å². The van der Waals surface area contributed by atoms with Crippen molar-refractivity contribution in [2.24, 2.45) is 5.92 Å². The Hall–Kier alpha value is -1.90. The second-order valence-electron chi connectivity index (χ2n) is 5.02. The lowest BCUT2D eigenvalue weighted by Crippen LogP contribution is -2.54. The number of thiazole rings is 1. The van der Waals surface area contributed by atoms with Crippen molar-refractivity contribution in [3.05, 3.63) is 24.0 Å². The summed E-state index contributed by atoms with van der Waals surface area (Å²) >= 11 is 1.29. The van der Waals surface area contributed by atoms with E-state index in [2.05, 4.69) is 4.98 Å². The molecule has 0 aliphatic carbocycles. The summed E-state index contributed by atoms with van der Waals surface area (Å²) in [6.45, 7) is -0.759. The lowest BCUT2D eigenvalue weighted by atomic mass is 10.0. The number of nitrogens with one attached hydrogen (secondary N) is 1. The molecule has 0 bridgehead atoms. The molecule has 1 aromatic carbocycles. The Labute approximate surface area is 126 Å². The van der Waals surface area contributed by atoms with Gasteiger partial charge >= 0.3 is 6.18 Å². The maximum Gasteiger partial charge on any atom is 0.405 e. The summed E-state index contributed by atoms with van der Waals surface area (Å²) < 4.78 is 50.3. The number of nitrogens with zero attached hydrogens (tertiary/aromatic N) is 2. The molecule has 0 unspecified atom stereocenters. The number of carbonyl (C=O) groups excluding carboxylic acids is 1. The third kappa shape index (κ3) is 2.99. The predicted molar refractivity (Wildman–Crippen MR) is 74.3 cm³/mol. The molecule has 0 spiro atoms. The second kappa shape index (κ2) is 5.38. The fourth-order valence-electron chi connectivity index (χ4n) is 2.17. The van der Waals surface area contributed by atoms with Gasteiger partial charge in [-0.2, -0.15) is 13.2 Å². The normalized spacial score (nSPS) is 15.9. The number of carbonyl (C=O) groups is 1. The van der Waals surface area contributed by atoms with Crippen molar-refractivity contribution in [2.45, 2.75) is 6.18 Å². The molecule has 0 radical (unpaired) electrons. The molecule has 118 valence electrons. The lowest BCUT2D eigenvalue weighted by Gasteiger charge is -2.37. The maximum atomic E-state index is 13.6. The van der Waals surface area contributed by atoms with Gasteiger partial charge in [0.25, 0.3) is 0 Å². The molecule has 9 heteroatoms. The Balaban J connectivity index is 1.60. The molecule has 1 saturated heterocycles. The molecule has 1 aliphatic rings. The smallest absolute Gasteiger partial charge is 0.347 e. The van der Waals surface area contributed by atoms with Crippen LogP contribution < -0.4 is 10.2 Å². The van der Waals surface area contributed by atoms with E-state index in [0.717, 1.165) is 0 Å². The number of aromatic nitrogens is 1. The minimum atomic E-state index is -4.41. The van der Waals surface area contributed by atoms with Crippen LogP contribution >= 0.6 is 11.3 Å². The molecule has 3 rings (SSSR count). The number of fused-ring (bicyclic) bond motifs is 1. The van der Waals surface area contributed by atoms with Crippen LogP contribution in [0.1, 0.15) is 0 Å². The minimum absolute atomic E-state index is 0.271. The number of halogens is 4. The van der Waals surface area contributed by atoms with Crippen LogP contribution in [0.15, 0.2) is 18.2 Å². The van der Waals surface area contributed by atoms with Gasteiger partial charge in [0.1, 0.15) is 17.9 Å². The van der Waals surface area contributed by atoms with Gasteiger partial charge in [0, 0.05) is 13.1 Å². The molecular formula is C13H11F4N3OS. The molecule has 0 saturated carbocycles. The van der Waals surface area contributed by atoms with Crippen molar-refractivity contribution in [3.8, 4) is 0 Å². The van der Waals surface area contributed by atoms with Crippen LogP contribution in [0, 0.1) is 11.7 Å². The molecule has 0 atom stereocenters. The minimum Gasteiger partial charge on any atom is -0.347 e. The number of anilines is 1. The first kappa shape index (κ1) is 15.0. The highest BCUT2D eigenvalue weighted by Crippen LogP contribution is 2.33. The molecule has 1 aliphatic heterocycles. The number of benzene rings is 1. The first-order valence-corrected chi connectivity index (χ1v) is 7.29. The van der Waals surface area contributed by atoms with Gasteiger partial charge in [0.05, 0.1) is 10.6 Å². The molecule has 2 heterocycles. The van der Waals surface area contributed by atoms with E-state index >= 15 is 0 Å². The van der Waals surface area contributed by atoms with Crippen molar-refractivity contribution in [1.82, 2.24) is 10.3 Å². The topological polar surface area (TPSA) is 45.2 Å². The largest absolute Gasteiger partial charge is 0.405 e.